The van der Waals surface area contributed by atoms with Crippen LogP contribution in [-0.4, -0.2) is 31.0 Å². The number of fused-ring (bicyclic) bond motifs is 1. The zero-order chi connectivity index (χ0) is 22.8. The Morgan fingerprint density at radius 2 is 1.88 bits per heavy atom. The highest BCUT2D eigenvalue weighted by Gasteiger charge is 2.40. The average molecular weight is 433 g/mol. The molecule has 0 spiro atoms. The largest absolute Gasteiger partial charge is 0.492 e. The molecule has 0 aromatic heterocycles. The number of imide groups is 1. The summed E-state index contributed by atoms with van der Waals surface area (Å²) in [4.78, 5) is 38.8. The summed E-state index contributed by atoms with van der Waals surface area (Å²) >= 11 is 0. The first-order valence-corrected chi connectivity index (χ1v) is 10.3. The number of nitrogens with zero attached hydrogens (tertiary/aromatic N) is 1. The lowest BCUT2D eigenvalue weighted by molar-refractivity contribution is -0.122. The SMILES string of the molecule is CCC(=O)c1ccc2c(c1)C(=C(OC)C1=COC(Cc3ccccc3)O1)C(=O)N2C(C)=O. The van der Waals surface area contributed by atoms with E-state index >= 15 is 0 Å². The van der Waals surface area contributed by atoms with Crippen molar-refractivity contribution < 1.29 is 28.6 Å². The summed E-state index contributed by atoms with van der Waals surface area (Å²) in [6.07, 6.45) is 1.66. The van der Waals surface area contributed by atoms with Gasteiger partial charge in [0.2, 0.25) is 18.0 Å². The molecule has 4 rings (SSSR count). The summed E-state index contributed by atoms with van der Waals surface area (Å²) in [5.74, 6) is -0.642. The van der Waals surface area contributed by atoms with Gasteiger partial charge in [0.05, 0.1) is 18.4 Å². The third-order valence-electron chi connectivity index (χ3n) is 5.37. The minimum atomic E-state index is -0.578. The molecular formula is C25H23NO6. The van der Waals surface area contributed by atoms with Gasteiger partial charge < -0.3 is 14.2 Å². The number of carbonyl (C=O) groups excluding carboxylic acids is 3. The lowest BCUT2D eigenvalue weighted by Gasteiger charge is -2.14. The molecule has 0 saturated heterocycles. The van der Waals surface area contributed by atoms with Crippen molar-refractivity contribution in [3.05, 3.63) is 83.0 Å². The number of amides is 2. The minimum Gasteiger partial charge on any atom is -0.492 e. The Morgan fingerprint density at radius 1 is 1.12 bits per heavy atom. The molecule has 32 heavy (non-hydrogen) atoms. The van der Waals surface area contributed by atoms with Crippen LogP contribution in [-0.2, 0) is 30.2 Å². The molecule has 2 aromatic rings. The summed E-state index contributed by atoms with van der Waals surface area (Å²) < 4.78 is 17.1. The smallest absolute Gasteiger partial charge is 0.269 e. The van der Waals surface area contributed by atoms with Gasteiger partial charge in [-0.05, 0) is 23.8 Å². The first-order valence-electron chi connectivity index (χ1n) is 10.3. The van der Waals surface area contributed by atoms with Crippen molar-refractivity contribution in [2.24, 2.45) is 0 Å². The molecule has 2 aliphatic heterocycles. The first-order chi connectivity index (χ1) is 15.4. The third-order valence-corrected chi connectivity index (χ3v) is 5.37. The van der Waals surface area contributed by atoms with E-state index in [9.17, 15) is 14.4 Å². The van der Waals surface area contributed by atoms with Crippen LogP contribution < -0.4 is 4.90 Å². The minimum absolute atomic E-state index is 0.0672. The molecule has 1 unspecified atom stereocenters. The van der Waals surface area contributed by atoms with Crippen molar-refractivity contribution in [2.45, 2.75) is 33.0 Å². The second-order valence-electron chi connectivity index (χ2n) is 7.43. The molecular weight excluding hydrogens is 410 g/mol. The number of anilines is 1. The molecule has 2 amide bonds. The van der Waals surface area contributed by atoms with E-state index in [4.69, 9.17) is 14.2 Å². The number of Topliss-reactive ketones (excluding diaryl/α,β-unsaturated/α-hetero) is 1. The Hall–Kier alpha value is -3.87. The second-order valence-corrected chi connectivity index (χ2v) is 7.43. The van der Waals surface area contributed by atoms with Gasteiger partial charge in [0.15, 0.2) is 11.5 Å². The average Bonchev–Trinajstić information content (AvgIpc) is 3.36. The normalized spacial score (nSPS) is 18.5. The Bertz CT molecular complexity index is 1150. The lowest BCUT2D eigenvalue weighted by Crippen LogP contribution is -2.31. The van der Waals surface area contributed by atoms with Crippen LogP contribution in [0.5, 0.6) is 0 Å². The predicted molar refractivity (Wildman–Crippen MR) is 117 cm³/mol. The predicted octanol–water partition coefficient (Wildman–Crippen LogP) is 3.99. The van der Waals surface area contributed by atoms with E-state index in [1.165, 1.54) is 20.3 Å². The van der Waals surface area contributed by atoms with Gasteiger partial charge in [0.1, 0.15) is 6.26 Å². The van der Waals surface area contributed by atoms with Crippen molar-refractivity contribution in [3.63, 3.8) is 0 Å². The lowest BCUT2D eigenvalue weighted by atomic mass is 10.00. The Balaban J connectivity index is 1.73. The molecule has 1 atom stereocenters. The number of methoxy groups -OCH3 is 1. The van der Waals surface area contributed by atoms with Gasteiger partial charge in [-0.2, -0.15) is 0 Å². The van der Waals surface area contributed by atoms with Crippen LogP contribution in [0.3, 0.4) is 0 Å². The Kier molecular flexibility index (Phi) is 5.81. The summed E-state index contributed by atoms with van der Waals surface area (Å²) in [6, 6.07) is 14.6. The van der Waals surface area contributed by atoms with Gasteiger partial charge >= 0.3 is 0 Å². The maximum absolute atomic E-state index is 13.2. The quantitative estimate of drug-likeness (QED) is 0.389. The van der Waals surface area contributed by atoms with E-state index in [2.05, 4.69) is 0 Å². The maximum Gasteiger partial charge on any atom is 0.269 e. The molecule has 2 heterocycles. The standard InChI is InChI=1S/C25H23NO6/c1-4-20(28)17-10-11-19-18(13-17)23(25(29)26(19)15(2)27)24(30-3)21-14-31-22(32-21)12-16-8-6-5-7-9-16/h5-11,13-14,22H,4,12H2,1-3H3. The molecule has 0 bridgehead atoms. The van der Waals surface area contributed by atoms with Gasteiger partial charge in [-0.25, -0.2) is 4.90 Å². The first kappa shape index (κ1) is 21.4. The van der Waals surface area contributed by atoms with Crippen LogP contribution in [0.2, 0.25) is 0 Å². The number of benzene rings is 2. The number of ether oxygens (including phenoxy) is 3. The van der Waals surface area contributed by atoms with E-state index in [1.54, 1.807) is 25.1 Å². The number of hydrogen-bond donors (Lipinski definition) is 0. The van der Waals surface area contributed by atoms with Crippen LogP contribution in [0.25, 0.3) is 5.57 Å². The van der Waals surface area contributed by atoms with E-state index in [1.807, 2.05) is 30.3 Å². The van der Waals surface area contributed by atoms with Crippen molar-refractivity contribution in [1.82, 2.24) is 0 Å². The van der Waals surface area contributed by atoms with Crippen LogP contribution >= 0.6 is 0 Å². The molecule has 0 aliphatic carbocycles. The van der Waals surface area contributed by atoms with Crippen molar-refractivity contribution in [3.8, 4) is 0 Å². The fraction of sp³-hybridized carbons (Fsp3) is 0.240. The van der Waals surface area contributed by atoms with Crippen molar-refractivity contribution in [2.75, 3.05) is 12.0 Å². The summed E-state index contributed by atoms with van der Waals surface area (Å²) in [5, 5.41) is 0. The van der Waals surface area contributed by atoms with Gasteiger partial charge in [-0.15, -0.1) is 0 Å². The number of rotatable bonds is 6. The topological polar surface area (TPSA) is 82.1 Å². The molecule has 2 aromatic carbocycles. The summed E-state index contributed by atoms with van der Waals surface area (Å²) in [5.41, 5.74) is 2.49. The van der Waals surface area contributed by atoms with Gasteiger partial charge in [-0.3, -0.25) is 14.4 Å². The van der Waals surface area contributed by atoms with Gasteiger partial charge in [0.25, 0.3) is 5.91 Å². The van der Waals surface area contributed by atoms with Crippen molar-refractivity contribution >= 4 is 28.9 Å². The van der Waals surface area contributed by atoms with E-state index < -0.39 is 18.1 Å². The number of carbonyl (C=O) groups is 3. The van der Waals surface area contributed by atoms with Gasteiger partial charge in [0, 0.05) is 30.9 Å². The van der Waals surface area contributed by atoms with E-state index in [0.29, 0.717) is 29.7 Å². The van der Waals surface area contributed by atoms with E-state index in [0.717, 1.165) is 10.5 Å². The summed E-state index contributed by atoms with van der Waals surface area (Å²) in [6.45, 7) is 3.08. The van der Waals surface area contributed by atoms with Crippen molar-refractivity contribution in [1.29, 1.82) is 0 Å². The highest BCUT2D eigenvalue weighted by atomic mass is 16.7. The van der Waals surface area contributed by atoms with Crippen LogP contribution in [0.1, 0.15) is 41.8 Å². The Morgan fingerprint density at radius 3 is 2.53 bits per heavy atom. The third kappa shape index (κ3) is 3.77. The summed E-state index contributed by atoms with van der Waals surface area (Å²) in [7, 11) is 1.42. The van der Waals surface area contributed by atoms with Gasteiger partial charge in [-0.1, -0.05) is 37.3 Å². The van der Waals surface area contributed by atoms with E-state index in [-0.39, 0.29) is 22.9 Å². The fourth-order valence-electron chi connectivity index (χ4n) is 3.84. The zero-order valence-corrected chi connectivity index (χ0v) is 18.1. The molecule has 7 nitrogen and oxygen atoms in total. The molecule has 0 fully saturated rings. The molecule has 0 radical (unpaired) electrons. The van der Waals surface area contributed by atoms with Crippen LogP contribution in [0.4, 0.5) is 5.69 Å². The maximum atomic E-state index is 13.2. The highest BCUT2D eigenvalue weighted by molar-refractivity contribution is 6.40. The molecule has 0 saturated carbocycles. The Labute approximate surface area is 185 Å². The van der Waals surface area contributed by atoms with Crippen LogP contribution in [0.15, 0.2) is 66.3 Å². The molecule has 2 aliphatic rings. The molecule has 7 heteroatoms. The highest BCUT2D eigenvalue weighted by Crippen LogP contribution is 2.42. The zero-order valence-electron chi connectivity index (χ0n) is 18.1. The molecule has 0 N–H and O–H groups in total. The number of hydrogen-bond acceptors (Lipinski definition) is 6. The molecule has 164 valence electrons. The second kappa shape index (κ2) is 8.70. The fourth-order valence-corrected chi connectivity index (χ4v) is 3.84. The monoisotopic (exact) mass is 433 g/mol. The number of ketones is 1. The van der Waals surface area contributed by atoms with Crippen LogP contribution in [0, 0.1) is 0 Å².